The molecule has 0 saturated heterocycles. The molecule has 6 heteroatoms. The van der Waals surface area contributed by atoms with Gasteiger partial charge in [0.2, 0.25) is 0 Å². The molecule has 0 saturated carbocycles. The van der Waals surface area contributed by atoms with Gasteiger partial charge >= 0.3 is 0 Å². The van der Waals surface area contributed by atoms with Crippen LogP contribution in [0.4, 0.5) is 8.78 Å². The van der Waals surface area contributed by atoms with Gasteiger partial charge in [0.15, 0.2) is 5.65 Å². The molecule has 0 atom stereocenters. The summed E-state index contributed by atoms with van der Waals surface area (Å²) in [5.41, 5.74) is 2.40. The van der Waals surface area contributed by atoms with Crippen molar-refractivity contribution in [3.8, 4) is 11.1 Å². The smallest absolute Gasteiger partial charge is 0.264 e. The molecule has 0 aliphatic heterocycles. The largest absolute Gasteiger partial charge is 0.265 e. The van der Waals surface area contributed by atoms with Gasteiger partial charge in [-0.05, 0) is 18.6 Å². The van der Waals surface area contributed by atoms with Crippen molar-refractivity contribution in [2.24, 2.45) is 0 Å². The molecule has 3 aromatic rings. The summed E-state index contributed by atoms with van der Waals surface area (Å²) < 4.78 is 27.4. The quantitative estimate of drug-likeness (QED) is 0.711. The Balaban J connectivity index is 2.25. The Hall–Kier alpha value is -2.37. The average Bonchev–Trinajstić information content (AvgIpc) is 2.82. The minimum atomic E-state index is -2.54. The first-order valence-electron chi connectivity index (χ1n) is 5.70. The Kier molecular flexibility index (Phi) is 2.70. The lowest BCUT2D eigenvalue weighted by atomic mass is 10.0. The number of fused-ring (bicyclic) bond motifs is 1. The van der Waals surface area contributed by atoms with Gasteiger partial charge in [0, 0.05) is 41.5 Å². The molecule has 96 valence electrons. The molecule has 0 amide bonds. The van der Waals surface area contributed by atoms with Gasteiger partial charge in [0.25, 0.3) is 6.43 Å². The van der Waals surface area contributed by atoms with Gasteiger partial charge in [-0.1, -0.05) is 0 Å². The molecule has 0 aliphatic carbocycles. The van der Waals surface area contributed by atoms with Crippen molar-refractivity contribution in [2.75, 3.05) is 0 Å². The highest BCUT2D eigenvalue weighted by Crippen LogP contribution is 2.31. The van der Waals surface area contributed by atoms with E-state index in [-0.39, 0.29) is 5.56 Å². The average molecular weight is 260 g/mol. The summed E-state index contributed by atoms with van der Waals surface area (Å²) >= 11 is 0. The Labute approximate surface area is 107 Å². The van der Waals surface area contributed by atoms with E-state index in [1.165, 1.54) is 6.20 Å². The normalized spacial score (nSPS) is 11.4. The second kappa shape index (κ2) is 4.38. The third-order valence-electron chi connectivity index (χ3n) is 3.06. The SMILES string of the molecule is Cc1c(-c2cnn3cccnc23)cncc1C(F)F. The van der Waals surface area contributed by atoms with E-state index in [0.29, 0.717) is 22.3 Å². The zero-order valence-corrected chi connectivity index (χ0v) is 10.1. The van der Waals surface area contributed by atoms with Gasteiger partial charge in [-0.2, -0.15) is 5.10 Å². The summed E-state index contributed by atoms with van der Waals surface area (Å²) in [7, 11) is 0. The first-order valence-corrected chi connectivity index (χ1v) is 5.70. The van der Waals surface area contributed by atoms with E-state index in [1.54, 1.807) is 42.3 Å². The molecule has 0 unspecified atom stereocenters. The van der Waals surface area contributed by atoms with Gasteiger partial charge in [-0.25, -0.2) is 18.3 Å². The van der Waals surface area contributed by atoms with Crippen molar-refractivity contribution in [1.82, 2.24) is 19.6 Å². The van der Waals surface area contributed by atoms with Crippen LogP contribution in [0.1, 0.15) is 17.6 Å². The fourth-order valence-electron chi connectivity index (χ4n) is 2.05. The first kappa shape index (κ1) is 11.7. The molecular formula is C13H10F2N4. The van der Waals surface area contributed by atoms with Crippen LogP contribution in [0.5, 0.6) is 0 Å². The third kappa shape index (κ3) is 1.85. The molecule has 0 aliphatic rings. The summed E-state index contributed by atoms with van der Waals surface area (Å²) in [6.07, 6.45) is 5.23. The van der Waals surface area contributed by atoms with Crippen LogP contribution in [-0.2, 0) is 0 Å². The monoisotopic (exact) mass is 260 g/mol. The number of halogens is 2. The third-order valence-corrected chi connectivity index (χ3v) is 3.06. The van der Waals surface area contributed by atoms with Crippen LogP contribution in [0.15, 0.2) is 37.1 Å². The van der Waals surface area contributed by atoms with Gasteiger partial charge in [0.05, 0.1) is 6.20 Å². The van der Waals surface area contributed by atoms with Crippen molar-refractivity contribution in [2.45, 2.75) is 13.3 Å². The van der Waals surface area contributed by atoms with E-state index < -0.39 is 6.43 Å². The van der Waals surface area contributed by atoms with E-state index in [0.717, 1.165) is 0 Å². The number of nitrogens with zero attached hydrogens (tertiary/aromatic N) is 4. The highest BCUT2D eigenvalue weighted by molar-refractivity contribution is 5.79. The Morgan fingerprint density at radius 3 is 2.79 bits per heavy atom. The van der Waals surface area contributed by atoms with Gasteiger partial charge in [-0.3, -0.25) is 4.98 Å². The van der Waals surface area contributed by atoms with Crippen LogP contribution in [-0.4, -0.2) is 19.6 Å². The molecule has 0 fully saturated rings. The molecule has 0 aromatic carbocycles. The summed E-state index contributed by atoms with van der Waals surface area (Å²) in [5.74, 6) is 0. The Morgan fingerprint density at radius 2 is 2.00 bits per heavy atom. The van der Waals surface area contributed by atoms with Gasteiger partial charge in [-0.15, -0.1) is 0 Å². The van der Waals surface area contributed by atoms with Crippen molar-refractivity contribution < 1.29 is 8.78 Å². The lowest BCUT2D eigenvalue weighted by molar-refractivity contribution is 0.150. The van der Waals surface area contributed by atoms with Crippen molar-refractivity contribution in [3.63, 3.8) is 0 Å². The topological polar surface area (TPSA) is 43.1 Å². The molecule has 3 aromatic heterocycles. The van der Waals surface area contributed by atoms with Crippen LogP contribution in [0, 0.1) is 6.92 Å². The van der Waals surface area contributed by atoms with E-state index in [1.807, 2.05) is 0 Å². The molecule has 4 nitrogen and oxygen atoms in total. The number of hydrogen-bond acceptors (Lipinski definition) is 3. The maximum atomic E-state index is 12.9. The van der Waals surface area contributed by atoms with E-state index >= 15 is 0 Å². The molecule has 0 N–H and O–H groups in total. The molecule has 0 spiro atoms. The maximum Gasteiger partial charge on any atom is 0.265 e. The summed E-state index contributed by atoms with van der Waals surface area (Å²) in [5, 5.41) is 4.15. The predicted octanol–water partition coefficient (Wildman–Crippen LogP) is 3.04. The zero-order valence-electron chi connectivity index (χ0n) is 10.1. The molecular weight excluding hydrogens is 250 g/mol. The lowest BCUT2D eigenvalue weighted by Gasteiger charge is -2.08. The fraction of sp³-hybridized carbons (Fsp3) is 0.154. The van der Waals surface area contributed by atoms with Crippen LogP contribution < -0.4 is 0 Å². The summed E-state index contributed by atoms with van der Waals surface area (Å²) in [6.45, 7) is 1.66. The van der Waals surface area contributed by atoms with Crippen LogP contribution in [0.3, 0.4) is 0 Å². The minimum absolute atomic E-state index is 0.0622. The second-order valence-corrected chi connectivity index (χ2v) is 4.15. The zero-order chi connectivity index (χ0) is 13.4. The van der Waals surface area contributed by atoms with Crippen molar-refractivity contribution >= 4 is 5.65 Å². The van der Waals surface area contributed by atoms with Gasteiger partial charge in [0.1, 0.15) is 0 Å². The number of pyridine rings is 1. The Morgan fingerprint density at radius 1 is 1.16 bits per heavy atom. The lowest BCUT2D eigenvalue weighted by Crippen LogP contribution is -1.95. The van der Waals surface area contributed by atoms with E-state index in [9.17, 15) is 8.78 Å². The van der Waals surface area contributed by atoms with E-state index in [4.69, 9.17) is 0 Å². The van der Waals surface area contributed by atoms with Crippen LogP contribution in [0.25, 0.3) is 16.8 Å². The number of aromatic nitrogens is 4. The van der Waals surface area contributed by atoms with Crippen LogP contribution >= 0.6 is 0 Å². The second-order valence-electron chi connectivity index (χ2n) is 4.15. The number of alkyl halides is 2. The first-order chi connectivity index (χ1) is 9.18. The minimum Gasteiger partial charge on any atom is -0.264 e. The highest BCUT2D eigenvalue weighted by Gasteiger charge is 2.17. The number of rotatable bonds is 2. The standard InChI is InChI=1S/C13H10F2N4/c1-8-9(5-16-6-10(8)12(14)15)11-7-18-19-4-2-3-17-13(11)19/h2-7,12H,1H3. The molecule has 0 radical (unpaired) electrons. The maximum absolute atomic E-state index is 12.9. The molecule has 3 heterocycles. The number of hydrogen-bond donors (Lipinski definition) is 0. The predicted molar refractivity (Wildman–Crippen MR) is 65.9 cm³/mol. The molecule has 0 bridgehead atoms. The van der Waals surface area contributed by atoms with E-state index in [2.05, 4.69) is 15.1 Å². The summed E-state index contributed by atoms with van der Waals surface area (Å²) in [6, 6.07) is 1.75. The molecule has 19 heavy (non-hydrogen) atoms. The van der Waals surface area contributed by atoms with Crippen molar-refractivity contribution in [1.29, 1.82) is 0 Å². The molecule has 3 rings (SSSR count). The van der Waals surface area contributed by atoms with Crippen LogP contribution in [0.2, 0.25) is 0 Å². The van der Waals surface area contributed by atoms with Gasteiger partial charge < -0.3 is 0 Å². The highest BCUT2D eigenvalue weighted by atomic mass is 19.3. The summed E-state index contributed by atoms with van der Waals surface area (Å²) in [4.78, 5) is 8.10. The fourth-order valence-corrected chi connectivity index (χ4v) is 2.05. The Bertz CT molecular complexity index is 736. The van der Waals surface area contributed by atoms with Crippen molar-refractivity contribution in [3.05, 3.63) is 48.2 Å².